The lowest BCUT2D eigenvalue weighted by Crippen LogP contribution is -2.35. The van der Waals surface area contributed by atoms with Crippen LogP contribution in [0.3, 0.4) is 0 Å². The van der Waals surface area contributed by atoms with Gasteiger partial charge < -0.3 is 9.47 Å². The van der Waals surface area contributed by atoms with Crippen LogP contribution in [0.15, 0.2) is 24.3 Å². The lowest BCUT2D eigenvalue weighted by molar-refractivity contribution is -0.153. The van der Waals surface area contributed by atoms with Crippen LogP contribution < -0.4 is 0 Å². The minimum absolute atomic E-state index is 0.0399. The highest BCUT2D eigenvalue weighted by molar-refractivity contribution is 5.94. The molecular formula is C19H26O5. The number of Topliss-reactive ketones (excluding diaryl/α,β-unsaturated/α-hetero) is 1. The van der Waals surface area contributed by atoms with Gasteiger partial charge in [0, 0.05) is 11.8 Å². The molecule has 24 heavy (non-hydrogen) atoms. The second-order valence-electron chi connectivity index (χ2n) is 6.33. The number of hydrogen-bond donors (Lipinski definition) is 0. The maximum absolute atomic E-state index is 12.9. The highest BCUT2D eigenvalue weighted by Crippen LogP contribution is 2.36. The number of carbonyl (C=O) groups is 3. The molecule has 0 saturated carbocycles. The zero-order valence-corrected chi connectivity index (χ0v) is 14.4. The molecule has 4 atom stereocenters. The van der Waals surface area contributed by atoms with Crippen LogP contribution in [0.25, 0.3) is 0 Å². The topological polar surface area (TPSA) is 69.7 Å². The molecule has 0 heterocycles. The van der Waals surface area contributed by atoms with Crippen LogP contribution in [0.2, 0.25) is 0 Å². The van der Waals surface area contributed by atoms with Gasteiger partial charge in [-0.2, -0.15) is 0 Å². The van der Waals surface area contributed by atoms with E-state index in [1.165, 1.54) is 0 Å². The van der Waals surface area contributed by atoms with Gasteiger partial charge in [0.25, 0.3) is 0 Å². The van der Waals surface area contributed by atoms with E-state index in [9.17, 15) is 14.4 Å². The summed E-state index contributed by atoms with van der Waals surface area (Å²) in [5.41, 5.74) is 0. The van der Waals surface area contributed by atoms with E-state index in [1.807, 2.05) is 26.0 Å². The van der Waals surface area contributed by atoms with E-state index in [2.05, 4.69) is 0 Å². The molecule has 0 aromatic carbocycles. The van der Waals surface area contributed by atoms with Crippen molar-refractivity contribution in [3.63, 3.8) is 0 Å². The third-order valence-electron chi connectivity index (χ3n) is 4.51. The summed E-state index contributed by atoms with van der Waals surface area (Å²) < 4.78 is 10.4. The average Bonchev–Trinajstić information content (AvgIpc) is 3.25. The zero-order chi connectivity index (χ0) is 17.5. The number of allylic oxidation sites excluding steroid dienone is 2. The summed E-state index contributed by atoms with van der Waals surface area (Å²) >= 11 is 0. The summed E-state index contributed by atoms with van der Waals surface area (Å²) in [5, 5.41) is 0. The predicted octanol–water partition coefficient (Wildman–Crippen LogP) is 2.85. The molecule has 0 saturated heterocycles. The standard InChI is InChI=1S/C19H26O5/c1-3-11-23-18(21)15-9-5-7-13(15)17(20)14-8-6-10-16(14)19(22)24-12-4-2/h5-6,9-10,13-16H,3-4,7-8,11-12H2,1-2H3. The lowest BCUT2D eigenvalue weighted by atomic mass is 9.80. The first-order valence-electron chi connectivity index (χ1n) is 8.80. The van der Waals surface area contributed by atoms with Gasteiger partial charge in [0.2, 0.25) is 0 Å². The van der Waals surface area contributed by atoms with Crippen LogP contribution in [0.5, 0.6) is 0 Å². The molecule has 0 aliphatic heterocycles. The van der Waals surface area contributed by atoms with Crippen LogP contribution in [0.4, 0.5) is 0 Å². The molecule has 2 aliphatic rings. The molecule has 132 valence electrons. The summed E-state index contributed by atoms with van der Waals surface area (Å²) in [6.45, 7) is 4.58. The van der Waals surface area contributed by atoms with Gasteiger partial charge in [-0.25, -0.2) is 0 Å². The summed E-state index contributed by atoms with van der Waals surface area (Å²) in [7, 11) is 0. The third kappa shape index (κ3) is 4.13. The smallest absolute Gasteiger partial charge is 0.313 e. The SMILES string of the molecule is CCCOC(=O)C1C=CCC1C(=O)C1CC=CC1C(=O)OCCC. The molecule has 5 heteroatoms. The zero-order valence-electron chi connectivity index (χ0n) is 14.4. The van der Waals surface area contributed by atoms with Crippen molar-refractivity contribution in [1.29, 1.82) is 0 Å². The summed E-state index contributed by atoms with van der Waals surface area (Å²) in [6.07, 6.45) is 9.77. The molecule has 0 amide bonds. The Balaban J connectivity index is 2.01. The van der Waals surface area contributed by atoms with Crippen molar-refractivity contribution in [2.75, 3.05) is 13.2 Å². The van der Waals surface area contributed by atoms with Crippen molar-refractivity contribution < 1.29 is 23.9 Å². The fourth-order valence-electron chi connectivity index (χ4n) is 3.25. The Kier molecular flexibility index (Phi) is 6.76. The third-order valence-corrected chi connectivity index (χ3v) is 4.51. The van der Waals surface area contributed by atoms with Gasteiger partial charge in [0.1, 0.15) is 5.78 Å². The highest BCUT2D eigenvalue weighted by Gasteiger charge is 2.43. The molecule has 4 unspecified atom stereocenters. The van der Waals surface area contributed by atoms with E-state index < -0.39 is 23.7 Å². The van der Waals surface area contributed by atoms with Crippen molar-refractivity contribution >= 4 is 17.7 Å². The molecule has 0 fully saturated rings. The molecule has 0 aromatic rings. The minimum atomic E-state index is -0.531. The Morgan fingerprint density at radius 3 is 1.62 bits per heavy atom. The summed E-state index contributed by atoms with van der Waals surface area (Å²) in [4.78, 5) is 37.2. The molecule has 2 rings (SSSR count). The maximum Gasteiger partial charge on any atom is 0.313 e. The molecular weight excluding hydrogens is 308 g/mol. The van der Waals surface area contributed by atoms with Crippen LogP contribution in [-0.4, -0.2) is 30.9 Å². The lowest BCUT2D eigenvalue weighted by Gasteiger charge is -2.23. The second kappa shape index (κ2) is 8.81. The van der Waals surface area contributed by atoms with Crippen molar-refractivity contribution in [3.8, 4) is 0 Å². The van der Waals surface area contributed by atoms with Crippen molar-refractivity contribution in [2.24, 2.45) is 23.7 Å². The summed E-state index contributed by atoms with van der Waals surface area (Å²) in [6, 6.07) is 0. The number of ketones is 1. The van der Waals surface area contributed by atoms with Crippen LogP contribution in [-0.2, 0) is 23.9 Å². The van der Waals surface area contributed by atoms with E-state index >= 15 is 0 Å². The Morgan fingerprint density at radius 2 is 1.25 bits per heavy atom. The Labute approximate surface area is 143 Å². The molecule has 0 aromatic heterocycles. The maximum atomic E-state index is 12.9. The second-order valence-corrected chi connectivity index (χ2v) is 6.33. The number of rotatable bonds is 8. The van der Waals surface area contributed by atoms with Gasteiger partial charge in [-0.15, -0.1) is 0 Å². The molecule has 0 spiro atoms. The highest BCUT2D eigenvalue weighted by atomic mass is 16.5. The first-order chi connectivity index (χ1) is 11.6. The van der Waals surface area contributed by atoms with Crippen molar-refractivity contribution in [3.05, 3.63) is 24.3 Å². The Hall–Kier alpha value is -1.91. The normalized spacial score (nSPS) is 28.1. The van der Waals surface area contributed by atoms with Gasteiger partial charge in [0.05, 0.1) is 25.0 Å². The quantitative estimate of drug-likeness (QED) is 0.504. The van der Waals surface area contributed by atoms with Gasteiger partial charge in [-0.05, 0) is 25.7 Å². The van der Waals surface area contributed by atoms with Gasteiger partial charge in [-0.1, -0.05) is 38.2 Å². The van der Waals surface area contributed by atoms with Crippen LogP contribution in [0, 0.1) is 23.7 Å². The average molecular weight is 334 g/mol. The molecule has 0 bridgehead atoms. The number of hydrogen-bond acceptors (Lipinski definition) is 5. The fourth-order valence-corrected chi connectivity index (χ4v) is 3.25. The minimum Gasteiger partial charge on any atom is -0.465 e. The fraction of sp³-hybridized carbons (Fsp3) is 0.632. The number of esters is 2. The Bertz CT molecular complexity index is 488. The van der Waals surface area contributed by atoms with E-state index in [0.29, 0.717) is 26.1 Å². The van der Waals surface area contributed by atoms with Crippen LogP contribution >= 0.6 is 0 Å². The molecule has 5 nitrogen and oxygen atoms in total. The first kappa shape index (κ1) is 18.4. The van der Waals surface area contributed by atoms with Crippen molar-refractivity contribution in [1.82, 2.24) is 0 Å². The number of ether oxygens (including phenoxy) is 2. The van der Waals surface area contributed by atoms with E-state index in [0.717, 1.165) is 12.8 Å². The van der Waals surface area contributed by atoms with Crippen LogP contribution in [0.1, 0.15) is 39.5 Å². The van der Waals surface area contributed by atoms with E-state index in [1.54, 1.807) is 12.2 Å². The van der Waals surface area contributed by atoms with Crippen molar-refractivity contribution in [2.45, 2.75) is 39.5 Å². The molecule has 0 N–H and O–H groups in total. The van der Waals surface area contributed by atoms with Gasteiger partial charge in [0.15, 0.2) is 0 Å². The van der Waals surface area contributed by atoms with Gasteiger partial charge >= 0.3 is 11.9 Å². The summed E-state index contributed by atoms with van der Waals surface area (Å²) in [5.74, 6) is -2.66. The van der Waals surface area contributed by atoms with E-state index in [-0.39, 0.29) is 17.7 Å². The first-order valence-corrected chi connectivity index (χ1v) is 8.80. The largest absolute Gasteiger partial charge is 0.465 e. The molecule has 0 radical (unpaired) electrons. The van der Waals surface area contributed by atoms with Gasteiger partial charge in [-0.3, -0.25) is 14.4 Å². The predicted molar refractivity (Wildman–Crippen MR) is 89.0 cm³/mol. The van der Waals surface area contributed by atoms with E-state index in [4.69, 9.17) is 9.47 Å². The Morgan fingerprint density at radius 1 is 0.833 bits per heavy atom. The molecule has 2 aliphatic carbocycles. The number of carbonyl (C=O) groups excluding carboxylic acids is 3. The monoisotopic (exact) mass is 334 g/mol.